The molecule has 7 heteroatoms. The average molecular weight is 433 g/mol. The van der Waals surface area contributed by atoms with Gasteiger partial charge in [-0.1, -0.05) is 42.0 Å². The molecule has 1 N–H and O–H groups in total. The molecule has 0 aliphatic carbocycles. The summed E-state index contributed by atoms with van der Waals surface area (Å²) in [6.45, 7) is 8.19. The minimum atomic E-state index is -0.382. The predicted molar refractivity (Wildman–Crippen MR) is 123 cm³/mol. The number of anilines is 1. The fourth-order valence-electron chi connectivity index (χ4n) is 4.08. The van der Waals surface area contributed by atoms with Crippen molar-refractivity contribution in [3.63, 3.8) is 0 Å². The van der Waals surface area contributed by atoms with Crippen LogP contribution in [0.1, 0.15) is 56.1 Å². The second-order valence-electron chi connectivity index (χ2n) is 8.22. The Morgan fingerprint density at radius 3 is 2.41 bits per heavy atom. The first-order valence-corrected chi connectivity index (χ1v) is 10.7. The number of hydrogen-bond donors (Lipinski definition) is 1. The van der Waals surface area contributed by atoms with Crippen LogP contribution in [-0.4, -0.2) is 35.3 Å². The van der Waals surface area contributed by atoms with Crippen LogP contribution in [0.4, 0.5) is 5.82 Å². The molecular weight excluding hydrogens is 404 g/mol. The van der Waals surface area contributed by atoms with Crippen LogP contribution in [0.15, 0.2) is 48.5 Å². The fourth-order valence-corrected chi connectivity index (χ4v) is 4.08. The lowest BCUT2D eigenvalue weighted by Crippen LogP contribution is -2.29. The molecule has 0 unspecified atom stereocenters. The highest BCUT2D eigenvalue weighted by molar-refractivity contribution is 6.00. The van der Waals surface area contributed by atoms with Crippen molar-refractivity contribution < 1.29 is 14.3 Å². The van der Waals surface area contributed by atoms with Crippen LogP contribution in [0.2, 0.25) is 0 Å². The van der Waals surface area contributed by atoms with E-state index in [1.165, 1.54) is 18.2 Å². The molecule has 1 amide bonds. The number of rotatable bonds is 6. The van der Waals surface area contributed by atoms with E-state index < -0.39 is 0 Å². The van der Waals surface area contributed by atoms with Crippen molar-refractivity contribution in [2.75, 3.05) is 18.6 Å². The quantitative estimate of drug-likeness (QED) is 0.600. The second-order valence-corrected chi connectivity index (χ2v) is 8.22. The molecule has 2 heterocycles. The van der Waals surface area contributed by atoms with Crippen molar-refractivity contribution in [1.82, 2.24) is 15.1 Å². The van der Waals surface area contributed by atoms with Crippen molar-refractivity contribution in [1.29, 1.82) is 0 Å². The summed E-state index contributed by atoms with van der Waals surface area (Å²) in [5.74, 6) is 0.339. The smallest absolute Gasteiger partial charge is 0.337 e. The number of methoxy groups -OCH3 is 1. The summed E-state index contributed by atoms with van der Waals surface area (Å²) in [7, 11) is 1.36. The van der Waals surface area contributed by atoms with Crippen LogP contribution < -0.4 is 10.2 Å². The number of aromatic nitrogens is 2. The van der Waals surface area contributed by atoms with Gasteiger partial charge in [0.15, 0.2) is 0 Å². The average Bonchev–Trinajstić information content (AvgIpc) is 3.32. The molecule has 32 heavy (non-hydrogen) atoms. The molecule has 7 nitrogen and oxygen atoms in total. The van der Waals surface area contributed by atoms with Gasteiger partial charge in [0.05, 0.1) is 31.0 Å². The molecule has 3 aromatic rings. The zero-order chi connectivity index (χ0) is 22.8. The molecule has 2 aromatic carbocycles. The van der Waals surface area contributed by atoms with Crippen LogP contribution in [0.25, 0.3) is 0 Å². The highest BCUT2D eigenvalue weighted by Gasteiger charge is 2.30. The number of carbonyl (C=O) groups is 2. The van der Waals surface area contributed by atoms with Crippen molar-refractivity contribution in [3.05, 3.63) is 82.0 Å². The number of carbonyl (C=O) groups excluding carboxylic acids is 2. The maximum absolute atomic E-state index is 13.3. The van der Waals surface area contributed by atoms with E-state index in [4.69, 9.17) is 4.74 Å². The lowest BCUT2D eigenvalue weighted by atomic mass is 10.1. The summed E-state index contributed by atoms with van der Waals surface area (Å²) in [5.41, 5.74) is 5.15. The van der Waals surface area contributed by atoms with Gasteiger partial charge >= 0.3 is 5.97 Å². The molecule has 0 spiro atoms. The number of nitrogens with zero attached hydrogens (tertiary/aromatic N) is 3. The van der Waals surface area contributed by atoms with Crippen molar-refractivity contribution in [2.45, 2.75) is 39.9 Å². The summed E-state index contributed by atoms with van der Waals surface area (Å²) >= 11 is 0. The van der Waals surface area contributed by atoms with Crippen molar-refractivity contribution in [2.24, 2.45) is 0 Å². The fraction of sp³-hybridized carbons (Fsp3) is 0.320. The number of aryl methyl sites for hydroxylation is 2. The lowest BCUT2D eigenvalue weighted by molar-refractivity contribution is 0.0600. The van der Waals surface area contributed by atoms with Gasteiger partial charge in [-0.15, -0.1) is 0 Å². The zero-order valence-electron chi connectivity index (χ0n) is 18.9. The zero-order valence-corrected chi connectivity index (χ0v) is 18.9. The second kappa shape index (κ2) is 8.86. The molecule has 166 valence electrons. The van der Waals surface area contributed by atoms with Crippen LogP contribution in [-0.2, 0) is 17.8 Å². The van der Waals surface area contributed by atoms with Crippen molar-refractivity contribution in [3.8, 4) is 0 Å². The van der Waals surface area contributed by atoms with Gasteiger partial charge in [-0.25, -0.2) is 9.48 Å². The molecule has 1 aliphatic rings. The number of esters is 1. The Labute approximate surface area is 188 Å². The van der Waals surface area contributed by atoms with Crippen LogP contribution in [0.3, 0.4) is 0 Å². The largest absolute Gasteiger partial charge is 0.465 e. The highest BCUT2D eigenvalue weighted by atomic mass is 16.5. The van der Waals surface area contributed by atoms with E-state index in [9.17, 15) is 9.59 Å². The topological polar surface area (TPSA) is 76.5 Å². The lowest BCUT2D eigenvalue weighted by Gasteiger charge is -2.20. The molecule has 1 aliphatic heterocycles. The molecule has 0 saturated heterocycles. The summed E-state index contributed by atoms with van der Waals surface area (Å²) in [5, 5.41) is 7.69. The monoisotopic (exact) mass is 432 g/mol. The SMILES string of the molecule is COC(=O)c1ccc([C@H](C)NC(=O)c2c(C)nn3c2N(Cc2ccc(C)cc2)CC3)cc1. The van der Waals surface area contributed by atoms with E-state index in [1.807, 2.05) is 30.7 Å². The van der Waals surface area contributed by atoms with E-state index in [0.717, 1.165) is 36.7 Å². The summed E-state index contributed by atoms with van der Waals surface area (Å²) < 4.78 is 6.67. The first kappa shape index (κ1) is 21.6. The number of benzene rings is 2. The maximum atomic E-state index is 13.3. The van der Waals surface area contributed by atoms with Gasteiger partial charge in [-0.05, 0) is 44.0 Å². The Morgan fingerprint density at radius 1 is 1.06 bits per heavy atom. The molecule has 0 saturated carbocycles. The number of nitrogens with one attached hydrogen (secondary N) is 1. The summed E-state index contributed by atoms with van der Waals surface area (Å²) in [4.78, 5) is 27.1. The van der Waals surface area contributed by atoms with E-state index in [1.54, 1.807) is 12.1 Å². The van der Waals surface area contributed by atoms with Gasteiger partial charge in [-0.2, -0.15) is 5.10 Å². The van der Waals surface area contributed by atoms with E-state index >= 15 is 0 Å². The van der Waals surface area contributed by atoms with Gasteiger partial charge in [0.25, 0.3) is 5.91 Å². The first-order valence-electron chi connectivity index (χ1n) is 10.7. The molecule has 0 radical (unpaired) electrons. The minimum Gasteiger partial charge on any atom is -0.465 e. The number of hydrogen-bond acceptors (Lipinski definition) is 5. The van der Waals surface area contributed by atoms with Gasteiger partial charge in [-0.3, -0.25) is 4.79 Å². The van der Waals surface area contributed by atoms with Gasteiger partial charge in [0.1, 0.15) is 11.4 Å². The predicted octanol–water partition coefficient (Wildman–Crippen LogP) is 3.80. The van der Waals surface area contributed by atoms with Gasteiger partial charge in [0.2, 0.25) is 0 Å². The van der Waals surface area contributed by atoms with Crippen LogP contribution in [0, 0.1) is 13.8 Å². The Balaban J connectivity index is 1.52. The normalized spacial score (nSPS) is 13.6. The van der Waals surface area contributed by atoms with E-state index in [-0.39, 0.29) is 17.9 Å². The maximum Gasteiger partial charge on any atom is 0.337 e. The number of fused-ring (bicyclic) bond motifs is 1. The molecule has 0 bridgehead atoms. The Bertz CT molecular complexity index is 1130. The standard InChI is InChI=1S/C25H28N4O3/c1-16-5-7-19(8-6-16)15-28-13-14-29-24(28)22(18(3)27-29)23(30)26-17(2)20-9-11-21(12-10-20)25(31)32-4/h5-12,17H,13-15H2,1-4H3,(H,26,30)/t17-/m0/s1. The highest BCUT2D eigenvalue weighted by Crippen LogP contribution is 2.30. The molecule has 1 aromatic heterocycles. The van der Waals surface area contributed by atoms with Gasteiger partial charge in [0, 0.05) is 13.1 Å². The molecule has 4 rings (SSSR count). The number of amides is 1. The Morgan fingerprint density at radius 2 is 1.75 bits per heavy atom. The third-order valence-corrected chi connectivity index (χ3v) is 5.88. The van der Waals surface area contributed by atoms with E-state index in [2.05, 4.69) is 46.5 Å². The number of ether oxygens (including phenoxy) is 1. The van der Waals surface area contributed by atoms with Crippen LogP contribution in [0.5, 0.6) is 0 Å². The Hall–Kier alpha value is -3.61. The van der Waals surface area contributed by atoms with Crippen LogP contribution >= 0.6 is 0 Å². The van der Waals surface area contributed by atoms with Gasteiger partial charge < -0.3 is 15.0 Å². The summed E-state index contributed by atoms with van der Waals surface area (Å²) in [6, 6.07) is 15.3. The third-order valence-electron chi connectivity index (χ3n) is 5.88. The molecule has 1 atom stereocenters. The molecular formula is C25H28N4O3. The first-order chi connectivity index (χ1) is 15.4. The minimum absolute atomic E-state index is 0.149. The van der Waals surface area contributed by atoms with E-state index in [0.29, 0.717) is 11.1 Å². The molecule has 0 fully saturated rings. The summed E-state index contributed by atoms with van der Waals surface area (Å²) in [6.07, 6.45) is 0. The van der Waals surface area contributed by atoms with Crippen molar-refractivity contribution >= 4 is 17.7 Å². The third kappa shape index (κ3) is 4.23. The Kier molecular flexibility index (Phi) is 5.99.